The molecular formula is C29H29FN8O. The number of anilines is 3. The van der Waals surface area contributed by atoms with Crippen molar-refractivity contribution in [3.05, 3.63) is 94.8 Å². The summed E-state index contributed by atoms with van der Waals surface area (Å²) in [6.45, 7) is 6.26. The number of carbonyl (C=O) groups is 1. The van der Waals surface area contributed by atoms with E-state index in [1.165, 1.54) is 6.07 Å². The van der Waals surface area contributed by atoms with Crippen LogP contribution in [0.5, 0.6) is 0 Å². The molecule has 0 aliphatic carbocycles. The lowest BCUT2D eigenvalue weighted by atomic mass is 10.0. The average Bonchev–Trinajstić information content (AvgIpc) is 3.45. The van der Waals surface area contributed by atoms with Crippen molar-refractivity contribution in [3.63, 3.8) is 0 Å². The van der Waals surface area contributed by atoms with Crippen molar-refractivity contribution in [3.8, 4) is 11.8 Å². The zero-order valence-electron chi connectivity index (χ0n) is 21.8. The van der Waals surface area contributed by atoms with Crippen LogP contribution in [0.1, 0.15) is 32.6 Å². The zero-order valence-corrected chi connectivity index (χ0v) is 21.8. The number of H-pyrrole nitrogens is 1. The number of amides is 1. The molecule has 1 aliphatic heterocycles. The van der Waals surface area contributed by atoms with E-state index in [2.05, 4.69) is 59.5 Å². The molecule has 3 N–H and O–H groups in total. The molecule has 198 valence electrons. The maximum Gasteiger partial charge on any atom is 0.255 e. The average molecular weight is 525 g/mol. The summed E-state index contributed by atoms with van der Waals surface area (Å²) >= 11 is 0. The molecule has 0 bridgehead atoms. The van der Waals surface area contributed by atoms with Crippen LogP contribution in [0.25, 0.3) is 0 Å². The predicted molar refractivity (Wildman–Crippen MR) is 148 cm³/mol. The first-order valence-electron chi connectivity index (χ1n) is 12.6. The fourth-order valence-corrected chi connectivity index (χ4v) is 4.15. The van der Waals surface area contributed by atoms with E-state index in [0.29, 0.717) is 40.4 Å². The van der Waals surface area contributed by atoms with Gasteiger partial charge in [0, 0.05) is 73.7 Å². The smallest absolute Gasteiger partial charge is 0.255 e. The number of aromatic amines is 1. The van der Waals surface area contributed by atoms with E-state index in [9.17, 15) is 9.18 Å². The topological polar surface area (TPSA) is 102 Å². The van der Waals surface area contributed by atoms with Crippen LogP contribution in [-0.4, -0.2) is 69.1 Å². The summed E-state index contributed by atoms with van der Waals surface area (Å²) in [7, 11) is 2.09. The Bertz CT molecular complexity index is 1500. The summed E-state index contributed by atoms with van der Waals surface area (Å²) in [5.41, 5.74) is 4.49. The molecule has 1 fully saturated rings. The number of aryl methyl sites for hydroxylation is 1. The number of likely N-dealkylation sites (N-methyl/N-ethyl adjacent to an activating group) is 1. The highest BCUT2D eigenvalue weighted by molar-refractivity contribution is 6.04. The minimum atomic E-state index is -0.331. The van der Waals surface area contributed by atoms with Crippen LogP contribution in [0.3, 0.4) is 0 Å². The van der Waals surface area contributed by atoms with Gasteiger partial charge >= 0.3 is 0 Å². The molecule has 0 spiro atoms. The molecule has 5 rings (SSSR count). The number of benzene rings is 2. The normalized spacial score (nSPS) is 13.9. The van der Waals surface area contributed by atoms with Gasteiger partial charge in [0.25, 0.3) is 5.91 Å². The Morgan fingerprint density at radius 2 is 1.82 bits per heavy atom. The standard InChI is InChI=1S/C29H29FN8O/c1-20-3-5-23(13-22(20)6-4-21-15-31-29(32-16-21)36-26-17-33-34-18-26)28(39)35-25-8-7-24(27(30)14-25)19-38-11-9-37(2)10-12-38/h3,5,7-8,13-18H,9-12,19H2,1-2H3,(H,33,34)(H,35,39)(H,31,32,36). The molecule has 1 aliphatic rings. The highest BCUT2D eigenvalue weighted by Crippen LogP contribution is 2.19. The van der Waals surface area contributed by atoms with Crippen molar-refractivity contribution in [2.45, 2.75) is 13.5 Å². The monoisotopic (exact) mass is 524 g/mol. The van der Waals surface area contributed by atoms with E-state index in [1.807, 2.05) is 13.0 Å². The first kappa shape index (κ1) is 26.0. The second-order valence-electron chi connectivity index (χ2n) is 9.53. The molecule has 0 radical (unpaired) electrons. The minimum Gasteiger partial charge on any atom is -0.322 e. The summed E-state index contributed by atoms with van der Waals surface area (Å²) in [4.78, 5) is 26.0. The second kappa shape index (κ2) is 11.9. The Balaban J connectivity index is 1.23. The van der Waals surface area contributed by atoms with Gasteiger partial charge in [-0.05, 0) is 43.8 Å². The lowest BCUT2D eigenvalue weighted by molar-refractivity contribution is 0.102. The van der Waals surface area contributed by atoms with E-state index in [0.717, 1.165) is 37.4 Å². The quantitative estimate of drug-likeness (QED) is 0.330. The van der Waals surface area contributed by atoms with Crippen molar-refractivity contribution in [2.24, 2.45) is 0 Å². The number of carbonyl (C=O) groups excluding carboxylic acids is 1. The van der Waals surface area contributed by atoms with Gasteiger partial charge in [0.2, 0.25) is 5.95 Å². The molecule has 3 heterocycles. The van der Waals surface area contributed by atoms with Crippen LogP contribution in [-0.2, 0) is 6.54 Å². The third-order valence-corrected chi connectivity index (χ3v) is 6.55. The van der Waals surface area contributed by atoms with Gasteiger partial charge in [0.1, 0.15) is 5.82 Å². The minimum absolute atomic E-state index is 0.324. The molecule has 1 amide bonds. The van der Waals surface area contributed by atoms with Crippen molar-refractivity contribution in [2.75, 3.05) is 43.9 Å². The van der Waals surface area contributed by atoms with Crippen LogP contribution in [0.4, 0.5) is 21.7 Å². The number of rotatable bonds is 6. The Labute approximate surface area is 226 Å². The van der Waals surface area contributed by atoms with Gasteiger partial charge in [-0.25, -0.2) is 14.4 Å². The van der Waals surface area contributed by atoms with Crippen LogP contribution in [0, 0.1) is 24.6 Å². The number of piperazine rings is 1. The summed E-state index contributed by atoms with van der Waals surface area (Å²) < 4.78 is 14.8. The number of hydrogen-bond acceptors (Lipinski definition) is 7. The van der Waals surface area contributed by atoms with Crippen molar-refractivity contribution in [1.29, 1.82) is 0 Å². The first-order valence-corrected chi connectivity index (χ1v) is 12.6. The third kappa shape index (κ3) is 6.84. The van der Waals surface area contributed by atoms with Gasteiger partial charge in [0.15, 0.2) is 0 Å². The molecule has 1 saturated heterocycles. The lowest BCUT2D eigenvalue weighted by Crippen LogP contribution is -2.44. The number of halogens is 1. The molecule has 0 unspecified atom stereocenters. The molecule has 4 aromatic rings. The lowest BCUT2D eigenvalue weighted by Gasteiger charge is -2.32. The first-order chi connectivity index (χ1) is 18.9. The summed E-state index contributed by atoms with van der Waals surface area (Å²) in [6.07, 6.45) is 6.57. The van der Waals surface area contributed by atoms with Gasteiger partial charge in [-0.2, -0.15) is 5.10 Å². The molecular weight excluding hydrogens is 495 g/mol. The highest BCUT2D eigenvalue weighted by atomic mass is 19.1. The van der Waals surface area contributed by atoms with E-state index in [1.54, 1.807) is 49.1 Å². The van der Waals surface area contributed by atoms with Gasteiger partial charge in [-0.15, -0.1) is 0 Å². The summed E-state index contributed by atoms with van der Waals surface area (Å²) in [6, 6.07) is 10.2. The van der Waals surface area contributed by atoms with Gasteiger partial charge < -0.3 is 15.5 Å². The Hall–Kier alpha value is -4.59. The summed E-state index contributed by atoms with van der Waals surface area (Å²) in [5.74, 6) is 5.92. The number of aromatic nitrogens is 4. The molecule has 39 heavy (non-hydrogen) atoms. The number of nitrogens with zero attached hydrogens (tertiary/aromatic N) is 5. The molecule has 2 aromatic carbocycles. The van der Waals surface area contributed by atoms with Gasteiger partial charge in [0.05, 0.1) is 17.4 Å². The van der Waals surface area contributed by atoms with Crippen LogP contribution >= 0.6 is 0 Å². The van der Waals surface area contributed by atoms with E-state index < -0.39 is 0 Å². The van der Waals surface area contributed by atoms with Crippen molar-refractivity contribution >= 4 is 23.2 Å². The van der Waals surface area contributed by atoms with Gasteiger partial charge in [-0.3, -0.25) is 14.8 Å². The van der Waals surface area contributed by atoms with Crippen LogP contribution < -0.4 is 10.6 Å². The van der Waals surface area contributed by atoms with E-state index in [4.69, 9.17) is 0 Å². The molecule has 10 heteroatoms. The molecule has 0 atom stereocenters. The summed E-state index contributed by atoms with van der Waals surface area (Å²) in [5, 5.41) is 12.4. The van der Waals surface area contributed by atoms with E-state index in [-0.39, 0.29) is 11.7 Å². The largest absolute Gasteiger partial charge is 0.322 e. The van der Waals surface area contributed by atoms with Crippen LogP contribution in [0.15, 0.2) is 61.2 Å². The molecule has 2 aromatic heterocycles. The molecule has 0 saturated carbocycles. The van der Waals surface area contributed by atoms with Crippen LogP contribution in [0.2, 0.25) is 0 Å². The maximum absolute atomic E-state index is 14.8. The van der Waals surface area contributed by atoms with Gasteiger partial charge in [-0.1, -0.05) is 24.0 Å². The fourth-order valence-electron chi connectivity index (χ4n) is 4.15. The molecule has 9 nitrogen and oxygen atoms in total. The predicted octanol–water partition coefficient (Wildman–Crippen LogP) is 3.79. The zero-order chi connectivity index (χ0) is 27.2. The highest BCUT2D eigenvalue weighted by Gasteiger charge is 2.16. The van der Waals surface area contributed by atoms with E-state index >= 15 is 0 Å². The Morgan fingerprint density at radius 3 is 2.54 bits per heavy atom. The van der Waals surface area contributed by atoms with Crippen molar-refractivity contribution < 1.29 is 9.18 Å². The van der Waals surface area contributed by atoms with Crippen molar-refractivity contribution in [1.82, 2.24) is 30.0 Å². The third-order valence-electron chi connectivity index (χ3n) is 6.55. The number of hydrogen-bond donors (Lipinski definition) is 3. The Kier molecular flexibility index (Phi) is 7.91. The second-order valence-corrected chi connectivity index (χ2v) is 9.53. The fraction of sp³-hybridized carbons (Fsp3) is 0.241. The maximum atomic E-state index is 14.8. The Morgan fingerprint density at radius 1 is 1.03 bits per heavy atom. The number of nitrogens with one attached hydrogen (secondary N) is 3. The SMILES string of the molecule is Cc1ccc(C(=O)Nc2ccc(CN3CCN(C)CC3)c(F)c2)cc1C#Cc1cnc(Nc2cn[nH]c2)nc1.